The van der Waals surface area contributed by atoms with Crippen molar-refractivity contribution < 1.29 is 14.7 Å². The molecule has 0 fully saturated rings. The van der Waals surface area contributed by atoms with Crippen LogP contribution in [-0.4, -0.2) is 23.7 Å². The molecule has 0 aliphatic carbocycles. The number of rotatable bonds is 12. The van der Waals surface area contributed by atoms with Gasteiger partial charge < -0.3 is 15.7 Å². The molecule has 0 unspecified atom stereocenters. The van der Waals surface area contributed by atoms with E-state index in [1.807, 2.05) is 18.2 Å². The molecule has 3 N–H and O–H groups in total. The molecule has 0 saturated heterocycles. The molecule has 0 aliphatic heterocycles. The van der Waals surface area contributed by atoms with Gasteiger partial charge >= 0.3 is 6.09 Å². The van der Waals surface area contributed by atoms with Crippen LogP contribution in [0.3, 0.4) is 0 Å². The summed E-state index contributed by atoms with van der Waals surface area (Å²) < 4.78 is 0. The van der Waals surface area contributed by atoms with Gasteiger partial charge in [-0.2, -0.15) is 0 Å². The molecule has 28 heavy (non-hydrogen) atoms. The Morgan fingerprint density at radius 3 is 2.39 bits per heavy atom. The van der Waals surface area contributed by atoms with Crippen molar-refractivity contribution in [2.45, 2.75) is 64.7 Å². The molecule has 2 aromatic carbocycles. The second-order valence-corrected chi connectivity index (χ2v) is 7.30. The van der Waals surface area contributed by atoms with Gasteiger partial charge in [0.1, 0.15) is 0 Å². The summed E-state index contributed by atoms with van der Waals surface area (Å²) in [5, 5.41) is 15.9. The highest BCUT2D eigenvalue weighted by atomic mass is 16.4. The Labute approximate surface area is 167 Å². The maximum absolute atomic E-state index is 12.0. The lowest BCUT2D eigenvalue weighted by atomic mass is 10.0. The zero-order valence-corrected chi connectivity index (χ0v) is 16.8. The number of nitrogens with one attached hydrogen (secondary N) is 2. The fourth-order valence-electron chi connectivity index (χ4n) is 3.31. The number of aryl methyl sites for hydroxylation is 1. The van der Waals surface area contributed by atoms with Crippen LogP contribution in [-0.2, 0) is 11.2 Å². The molecule has 2 amide bonds. The average molecular weight is 385 g/mol. The molecule has 0 bridgehead atoms. The lowest BCUT2D eigenvalue weighted by molar-refractivity contribution is -0.116. The van der Waals surface area contributed by atoms with Gasteiger partial charge in [-0.3, -0.25) is 4.79 Å². The molecule has 2 aromatic rings. The molecule has 0 aliphatic rings. The van der Waals surface area contributed by atoms with E-state index >= 15 is 0 Å². The Morgan fingerprint density at radius 1 is 0.893 bits per heavy atom. The number of fused-ring (bicyclic) bond motifs is 1. The van der Waals surface area contributed by atoms with Crippen LogP contribution in [0.2, 0.25) is 0 Å². The third kappa shape index (κ3) is 7.99. The zero-order valence-electron chi connectivity index (χ0n) is 16.8. The molecule has 2 rings (SSSR count). The first-order valence-corrected chi connectivity index (χ1v) is 10.4. The van der Waals surface area contributed by atoms with Crippen molar-refractivity contribution >= 4 is 28.5 Å². The molecule has 152 valence electrons. The predicted octanol–water partition coefficient (Wildman–Crippen LogP) is 5.73. The van der Waals surface area contributed by atoms with E-state index in [1.165, 1.54) is 49.5 Å². The topological polar surface area (TPSA) is 78.4 Å². The van der Waals surface area contributed by atoms with Gasteiger partial charge in [-0.05, 0) is 47.7 Å². The van der Waals surface area contributed by atoms with Crippen LogP contribution >= 0.6 is 0 Å². The molecule has 0 spiro atoms. The Hall–Kier alpha value is -2.56. The minimum Gasteiger partial charge on any atom is -0.465 e. The first kappa shape index (κ1) is 21.7. The number of carbonyl (C=O) groups is 2. The van der Waals surface area contributed by atoms with Gasteiger partial charge in [-0.25, -0.2) is 4.79 Å². The van der Waals surface area contributed by atoms with Gasteiger partial charge in [0, 0.05) is 18.7 Å². The van der Waals surface area contributed by atoms with Crippen molar-refractivity contribution in [1.29, 1.82) is 0 Å². The van der Waals surface area contributed by atoms with Crippen LogP contribution in [0.1, 0.15) is 63.9 Å². The van der Waals surface area contributed by atoms with E-state index in [0.29, 0.717) is 6.42 Å². The fraction of sp³-hybridized carbons (Fsp3) is 0.478. The van der Waals surface area contributed by atoms with E-state index in [2.05, 4.69) is 35.8 Å². The highest BCUT2D eigenvalue weighted by molar-refractivity contribution is 5.94. The van der Waals surface area contributed by atoms with Crippen LogP contribution in [0, 0.1) is 0 Å². The maximum atomic E-state index is 12.0. The lowest BCUT2D eigenvalue weighted by Gasteiger charge is -2.08. The average Bonchev–Trinajstić information content (AvgIpc) is 2.68. The van der Waals surface area contributed by atoms with E-state index in [1.54, 1.807) is 0 Å². The third-order valence-electron chi connectivity index (χ3n) is 4.86. The van der Waals surface area contributed by atoms with E-state index < -0.39 is 6.09 Å². The van der Waals surface area contributed by atoms with Crippen molar-refractivity contribution in [1.82, 2.24) is 5.32 Å². The molecule has 0 heterocycles. The summed E-state index contributed by atoms with van der Waals surface area (Å²) in [6.45, 7) is 2.52. The van der Waals surface area contributed by atoms with E-state index in [4.69, 9.17) is 5.11 Å². The monoisotopic (exact) mass is 384 g/mol. The number of unbranched alkanes of at least 4 members (excludes halogenated alkanes) is 5. The van der Waals surface area contributed by atoms with Crippen molar-refractivity contribution in [3.8, 4) is 0 Å². The molecule has 0 saturated carbocycles. The SMILES string of the molecule is CCCCCCCCc1ccc2cc(NC(=O)CCCNC(=O)O)ccc2c1. The Bertz CT molecular complexity index is 774. The molecule has 5 heteroatoms. The first-order chi connectivity index (χ1) is 13.6. The second kappa shape index (κ2) is 12.0. The highest BCUT2D eigenvalue weighted by Gasteiger charge is 2.05. The number of hydrogen-bond acceptors (Lipinski definition) is 2. The Morgan fingerprint density at radius 2 is 1.61 bits per heavy atom. The van der Waals surface area contributed by atoms with E-state index in [-0.39, 0.29) is 18.9 Å². The van der Waals surface area contributed by atoms with Crippen LogP contribution in [0.25, 0.3) is 10.8 Å². The second-order valence-electron chi connectivity index (χ2n) is 7.30. The molecule has 0 atom stereocenters. The third-order valence-corrected chi connectivity index (χ3v) is 4.86. The van der Waals surface area contributed by atoms with Crippen LogP contribution in [0.4, 0.5) is 10.5 Å². The van der Waals surface area contributed by atoms with Gasteiger partial charge in [0.2, 0.25) is 5.91 Å². The summed E-state index contributed by atoms with van der Waals surface area (Å²) in [4.78, 5) is 22.4. The summed E-state index contributed by atoms with van der Waals surface area (Å²) in [6.07, 6.45) is 8.66. The predicted molar refractivity (Wildman–Crippen MR) is 115 cm³/mol. The smallest absolute Gasteiger partial charge is 0.404 e. The van der Waals surface area contributed by atoms with Crippen molar-refractivity contribution in [2.24, 2.45) is 0 Å². The molecule has 5 nitrogen and oxygen atoms in total. The minimum absolute atomic E-state index is 0.105. The van der Waals surface area contributed by atoms with Crippen LogP contribution in [0.5, 0.6) is 0 Å². The van der Waals surface area contributed by atoms with Gasteiger partial charge in [-0.1, -0.05) is 63.3 Å². The number of benzene rings is 2. The standard InChI is InChI=1S/C23H32N2O3/c1-2-3-4-5-6-7-9-18-11-12-20-17-21(14-13-19(20)16-18)25-22(26)10-8-15-24-23(27)28/h11-14,16-17,24H,2-10,15H2,1H3,(H,25,26)(H,27,28). The summed E-state index contributed by atoms with van der Waals surface area (Å²) in [6, 6.07) is 12.5. The summed E-state index contributed by atoms with van der Waals surface area (Å²) >= 11 is 0. The zero-order chi connectivity index (χ0) is 20.2. The maximum Gasteiger partial charge on any atom is 0.404 e. The quantitative estimate of drug-likeness (QED) is 0.409. The largest absolute Gasteiger partial charge is 0.465 e. The van der Waals surface area contributed by atoms with Crippen LogP contribution < -0.4 is 10.6 Å². The van der Waals surface area contributed by atoms with Gasteiger partial charge in [0.15, 0.2) is 0 Å². The van der Waals surface area contributed by atoms with Gasteiger partial charge in [0.25, 0.3) is 0 Å². The summed E-state index contributed by atoms with van der Waals surface area (Å²) in [7, 11) is 0. The number of amides is 2. The molecular weight excluding hydrogens is 352 g/mol. The van der Waals surface area contributed by atoms with E-state index in [9.17, 15) is 9.59 Å². The lowest BCUT2D eigenvalue weighted by Crippen LogP contribution is -2.23. The molecule has 0 radical (unpaired) electrons. The van der Waals surface area contributed by atoms with E-state index in [0.717, 1.165) is 17.5 Å². The summed E-state index contributed by atoms with van der Waals surface area (Å²) in [5.74, 6) is -0.105. The Kier molecular flexibility index (Phi) is 9.32. The van der Waals surface area contributed by atoms with Gasteiger partial charge in [0.05, 0.1) is 0 Å². The van der Waals surface area contributed by atoms with Crippen molar-refractivity contribution in [3.05, 3.63) is 42.0 Å². The van der Waals surface area contributed by atoms with Crippen LogP contribution in [0.15, 0.2) is 36.4 Å². The minimum atomic E-state index is -1.06. The van der Waals surface area contributed by atoms with Crippen molar-refractivity contribution in [3.63, 3.8) is 0 Å². The number of anilines is 1. The molecule has 0 aromatic heterocycles. The number of hydrogen-bond donors (Lipinski definition) is 3. The van der Waals surface area contributed by atoms with Crippen molar-refractivity contribution in [2.75, 3.05) is 11.9 Å². The first-order valence-electron chi connectivity index (χ1n) is 10.4. The Balaban J connectivity index is 1.81. The normalized spacial score (nSPS) is 10.8. The summed E-state index contributed by atoms with van der Waals surface area (Å²) in [5.41, 5.74) is 2.14. The fourth-order valence-corrected chi connectivity index (χ4v) is 3.31. The number of carbonyl (C=O) groups excluding carboxylic acids is 1. The van der Waals surface area contributed by atoms with Gasteiger partial charge in [-0.15, -0.1) is 0 Å². The highest BCUT2D eigenvalue weighted by Crippen LogP contribution is 2.22. The number of carboxylic acid groups (broad SMARTS) is 1. The molecular formula is C23H32N2O3.